The molecule has 0 aliphatic carbocycles. The molecule has 1 aromatic carbocycles. The Morgan fingerprint density at radius 1 is 1.30 bits per heavy atom. The van der Waals surface area contributed by atoms with Gasteiger partial charge < -0.3 is 10.2 Å². The summed E-state index contributed by atoms with van der Waals surface area (Å²) >= 11 is 3.55. The molecule has 0 spiro atoms. The minimum atomic E-state index is -0.0185. The van der Waals surface area contributed by atoms with Crippen LogP contribution in [0.4, 0.5) is 5.69 Å². The predicted octanol–water partition coefficient (Wildman–Crippen LogP) is 2.46. The standard InChI is InChI=1S/C15H22BrN3O/c1-11-8-14(16)9-13(15(11)17-12(2)20)10-19-6-4-18(3)5-7-19/h8-9H,4-7,10H2,1-3H3,(H,17,20). The van der Waals surface area contributed by atoms with Crippen molar-refractivity contribution in [2.45, 2.75) is 20.4 Å². The van der Waals surface area contributed by atoms with Crippen LogP contribution in [0.3, 0.4) is 0 Å². The Hall–Kier alpha value is -0.910. The molecule has 1 aliphatic heterocycles. The average Bonchev–Trinajstić information content (AvgIpc) is 2.36. The van der Waals surface area contributed by atoms with E-state index >= 15 is 0 Å². The van der Waals surface area contributed by atoms with Crippen LogP contribution in [0, 0.1) is 6.92 Å². The third-order valence-electron chi connectivity index (χ3n) is 3.67. The molecular formula is C15H22BrN3O. The summed E-state index contributed by atoms with van der Waals surface area (Å²) in [7, 11) is 2.16. The number of hydrogen-bond donors (Lipinski definition) is 1. The largest absolute Gasteiger partial charge is 0.326 e. The van der Waals surface area contributed by atoms with Gasteiger partial charge in [-0.15, -0.1) is 0 Å². The zero-order chi connectivity index (χ0) is 14.7. The van der Waals surface area contributed by atoms with E-state index in [0.29, 0.717) is 0 Å². The van der Waals surface area contributed by atoms with Crippen molar-refractivity contribution in [3.05, 3.63) is 27.7 Å². The average molecular weight is 340 g/mol. The van der Waals surface area contributed by atoms with Crippen molar-refractivity contribution in [1.82, 2.24) is 9.80 Å². The minimum absolute atomic E-state index is 0.0185. The highest BCUT2D eigenvalue weighted by Crippen LogP contribution is 2.27. The summed E-state index contributed by atoms with van der Waals surface area (Å²) in [5, 5.41) is 2.97. The molecule has 1 amide bonds. The molecule has 1 aromatic rings. The van der Waals surface area contributed by atoms with E-state index < -0.39 is 0 Å². The molecule has 1 saturated heterocycles. The van der Waals surface area contributed by atoms with Gasteiger partial charge in [-0.05, 0) is 37.2 Å². The number of likely N-dealkylation sites (N-methyl/N-ethyl adjacent to an activating group) is 1. The van der Waals surface area contributed by atoms with Crippen LogP contribution in [0.25, 0.3) is 0 Å². The van der Waals surface area contributed by atoms with E-state index in [2.05, 4.69) is 44.2 Å². The van der Waals surface area contributed by atoms with Gasteiger partial charge in [-0.3, -0.25) is 9.69 Å². The first-order valence-corrected chi connectivity index (χ1v) is 7.72. The Balaban J connectivity index is 2.18. The van der Waals surface area contributed by atoms with Crippen LogP contribution < -0.4 is 5.32 Å². The maximum absolute atomic E-state index is 11.4. The van der Waals surface area contributed by atoms with Crippen LogP contribution in [-0.4, -0.2) is 48.9 Å². The van der Waals surface area contributed by atoms with Gasteiger partial charge in [-0.2, -0.15) is 0 Å². The van der Waals surface area contributed by atoms with Gasteiger partial charge in [0.05, 0.1) is 0 Å². The fraction of sp³-hybridized carbons (Fsp3) is 0.533. The maximum atomic E-state index is 11.4. The molecule has 1 N–H and O–H groups in total. The summed E-state index contributed by atoms with van der Waals surface area (Å²) in [6.45, 7) is 8.81. The van der Waals surface area contributed by atoms with Crippen molar-refractivity contribution < 1.29 is 4.79 Å². The molecule has 0 bridgehead atoms. The lowest BCUT2D eigenvalue weighted by Gasteiger charge is -2.33. The number of halogens is 1. The summed E-state index contributed by atoms with van der Waals surface area (Å²) in [6.07, 6.45) is 0. The van der Waals surface area contributed by atoms with E-state index in [0.717, 1.165) is 48.4 Å². The Labute approximate surface area is 129 Å². The monoisotopic (exact) mass is 339 g/mol. The van der Waals surface area contributed by atoms with E-state index in [4.69, 9.17) is 0 Å². The van der Waals surface area contributed by atoms with Gasteiger partial charge in [0.2, 0.25) is 5.91 Å². The van der Waals surface area contributed by atoms with Gasteiger partial charge in [0.1, 0.15) is 0 Å². The summed E-state index contributed by atoms with van der Waals surface area (Å²) in [6, 6.07) is 4.15. The van der Waals surface area contributed by atoms with Crippen LogP contribution in [-0.2, 0) is 11.3 Å². The maximum Gasteiger partial charge on any atom is 0.221 e. The molecule has 5 heteroatoms. The van der Waals surface area contributed by atoms with Gasteiger partial charge >= 0.3 is 0 Å². The molecule has 1 heterocycles. The van der Waals surface area contributed by atoms with Crippen LogP contribution in [0.2, 0.25) is 0 Å². The molecule has 110 valence electrons. The summed E-state index contributed by atoms with van der Waals surface area (Å²) < 4.78 is 1.06. The highest BCUT2D eigenvalue weighted by atomic mass is 79.9. The highest BCUT2D eigenvalue weighted by molar-refractivity contribution is 9.10. The van der Waals surface area contributed by atoms with E-state index in [-0.39, 0.29) is 5.91 Å². The zero-order valence-electron chi connectivity index (χ0n) is 12.4. The third kappa shape index (κ3) is 4.04. The molecule has 1 fully saturated rings. The lowest BCUT2D eigenvalue weighted by atomic mass is 10.1. The van der Waals surface area contributed by atoms with Crippen molar-refractivity contribution in [1.29, 1.82) is 0 Å². The predicted molar refractivity (Wildman–Crippen MR) is 86.0 cm³/mol. The normalized spacial score (nSPS) is 17.2. The van der Waals surface area contributed by atoms with E-state index in [1.165, 1.54) is 5.56 Å². The van der Waals surface area contributed by atoms with Crippen molar-refractivity contribution in [2.75, 3.05) is 38.5 Å². The van der Waals surface area contributed by atoms with Crippen molar-refractivity contribution in [2.24, 2.45) is 0 Å². The summed E-state index contributed by atoms with van der Waals surface area (Å²) in [5.41, 5.74) is 3.23. The Bertz CT molecular complexity index is 496. The summed E-state index contributed by atoms with van der Waals surface area (Å²) in [5.74, 6) is -0.0185. The lowest BCUT2D eigenvalue weighted by molar-refractivity contribution is -0.114. The smallest absolute Gasteiger partial charge is 0.221 e. The molecule has 0 saturated carbocycles. The molecule has 2 rings (SSSR count). The Kier molecular flexibility index (Phi) is 5.18. The number of piperazine rings is 1. The Morgan fingerprint density at radius 2 is 1.95 bits per heavy atom. The highest BCUT2D eigenvalue weighted by Gasteiger charge is 2.17. The molecule has 20 heavy (non-hydrogen) atoms. The van der Waals surface area contributed by atoms with Crippen molar-refractivity contribution >= 4 is 27.5 Å². The zero-order valence-corrected chi connectivity index (χ0v) is 14.0. The number of nitrogens with one attached hydrogen (secondary N) is 1. The van der Waals surface area contributed by atoms with Crippen LogP contribution >= 0.6 is 15.9 Å². The van der Waals surface area contributed by atoms with Crippen LogP contribution in [0.5, 0.6) is 0 Å². The number of carbonyl (C=O) groups is 1. The first kappa shape index (κ1) is 15.5. The third-order valence-corrected chi connectivity index (χ3v) is 4.13. The second-order valence-corrected chi connectivity index (χ2v) is 6.43. The summed E-state index contributed by atoms with van der Waals surface area (Å²) in [4.78, 5) is 16.2. The van der Waals surface area contributed by atoms with Crippen LogP contribution in [0.15, 0.2) is 16.6 Å². The van der Waals surface area contributed by atoms with Gasteiger partial charge in [-0.1, -0.05) is 15.9 Å². The van der Waals surface area contributed by atoms with Gasteiger partial charge in [0, 0.05) is 49.8 Å². The van der Waals surface area contributed by atoms with Gasteiger partial charge in [0.15, 0.2) is 0 Å². The Morgan fingerprint density at radius 3 is 2.55 bits per heavy atom. The molecule has 0 atom stereocenters. The first-order valence-electron chi connectivity index (χ1n) is 6.93. The van der Waals surface area contributed by atoms with E-state index in [1.54, 1.807) is 6.92 Å². The van der Waals surface area contributed by atoms with Crippen molar-refractivity contribution in [3.8, 4) is 0 Å². The van der Waals surface area contributed by atoms with Gasteiger partial charge in [0.25, 0.3) is 0 Å². The van der Waals surface area contributed by atoms with E-state index in [9.17, 15) is 4.79 Å². The number of rotatable bonds is 3. The fourth-order valence-corrected chi connectivity index (χ4v) is 3.16. The van der Waals surface area contributed by atoms with E-state index in [1.807, 2.05) is 13.0 Å². The number of benzene rings is 1. The first-order chi connectivity index (χ1) is 9.45. The SMILES string of the molecule is CC(=O)Nc1c(C)cc(Br)cc1CN1CCN(C)CC1. The van der Waals surface area contributed by atoms with Crippen LogP contribution in [0.1, 0.15) is 18.1 Å². The molecular weight excluding hydrogens is 318 g/mol. The second kappa shape index (κ2) is 6.70. The molecule has 0 unspecified atom stereocenters. The minimum Gasteiger partial charge on any atom is -0.326 e. The quantitative estimate of drug-likeness (QED) is 0.918. The number of aryl methyl sites for hydroxylation is 1. The fourth-order valence-electron chi connectivity index (χ4n) is 2.54. The lowest BCUT2D eigenvalue weighted by Crippen LogP contribution is -2.44. The molecule has 0 radical (unpaired) electrons. The molecule has 0 aromatic heterocycles. The number of nitrogens with zero attached hydrogens (tertiary/aromatic N) is 2. The van der Waals surface area contributed by atoms with Crippen molar-refractivity contribution in [3.63, 3.8) is 0 Å². The topological polar surface area (TPSA) is 35.6 Å². The number of carbonyl (C=O) groups excluding carboxylic acids is 1. The second-order valence-electron chi connectivity index (χ2n) is 5.52. The number of amides is 1. The molecule has 1 aliphatic rings. The number of anilines is 1. The number of hydrogen-bond acceptors (Lipinski definition) is 3. The molecule has 4 nitrogen and oxygen atoms in total. The van der Waals surface area contributed by atoms with Gasteiger partial charge in [-0.25, -0.2) is 0 Å².